The Morgan fingerprint density at radius 3 is 2.38 bits per heavy atom. The summed E-state index contributed by atoms with van der Waals surface area (Å²) in [6.07, 6.45) is 3.76. The Morgan fingerprint density at radius 1 is 1.31 bits per heavy atom. The maximum atomic E-state index is 4.62. The Balaban J connectivity index is 2.83. The second-order valence-electron chi connectivity index (χ2n) is 3.57. The van der Waals surface area contributed by atoms with Gasteiger partial charge in [-0.2, -0.15) is 0 Å². The average molecular weight is 197 g/mol. The molecule has 1 atom stereocenters. The van der Waals surface area contributed by atoms with Crippen LogP contribution in [-0.2, 0) is 0 Å². The van der Waals surface area contributed by atoms with Crippen LogP contribution in [0.1, 0.15) is 54.6 Å². The van der Waals surface area contributed by atoms with Gasteiger partial charge in [0, 0.05) is 10.8 Å². The van der Waals surface area contributed by atoms with E-state index in [-0.39, 0.29) is 0 Å². The molecular weight excluding hydrogens is 178 g/mol. The molecule has 1 aromatic heterocycles. The molecule has 0 fully saturated rings. The molecule has 1 nitrogen and oxygen atoms in total. The Labute approximate surface area is 85.2 Å². The monoisotopic (exact) mass is 197 g/mol. The smallest absolute Gasteiger partial charge is 0.0900 e. The van der Waals surface area contributed by atoms with Crippen molar-refractivity contribution in [1.29, 1.82) is 0 Å². The van der Waals surface area contributed by atoms with Gasteiger partial charge in [-0.15, -0.1) is 11.3 Å². The van der Waals surface area contributed by atoms with Gasteiger partial charge in [-0.25, -0.2) is 4.98 Å². The molecule has 0 radical (unpaired) electrons. The highest BCUT2D eigenvalue weighted by atomic mass is 32.1. The number of aromatic nitrogens is 1. The molecule has 0 aromatic carbocycles. The largest absolute Gasteiger partial charge is 0.246 e. The molecule has 1 rings (SSSR count). The van der Waals surface area contributed by atoms with Gasteiger partial charge in [0.15, 0.2) is 0 Å². The second kappa shape index (κ2) is 4.75. The van der Waals surface area contributed by atoms with Crippen molar-refractivity contribution in [2.24, 2.45) is 0 Å². The van der Waals surface area contributed by atoms with Gasteiger partial charge >= 0.3 is 0 Å². The lowest BCUT2D eigenvalue weighted by molar-refractivity contribution is 0.581. The summed E-state index contributed by atoms with van der Waals surface area (Å²) >= 11 is 1.83. The van der Waals surface area contributed by atoms with Gasteiger partial charge in [0.05, 0.1) is 10.7 Å². The average Bonchev–Trinajstić information content (AvgIpc) is 2.41. The van der Waals surface area contributed by atoms with Gasteiger partial charge in [-0.1, -0.05) is 20.3 Å². The molecule has 0 aliphatic heterocycles. The third-order valence-electron chi connectivity index (χ3n) is 2.46. The molecule has 0 saturated heterocycles. The van der Waals surface area contributed by atoms with E-state index in [0.29, 0.717) is 5.92 Å². The highest BCUT2D eigenvalue weighted by Gasteiger charge is 2.14. The molecule has 1 aromatic rings. The van der Waals surface area contributed by atoms with Gasteiger partial charge < -0.3 is 0 Å². The van der Waals surface area contributed by atoms with Crippen LogP contribution in [0.5, 0.6) is 0 Å². The van der Waals surface area contributed by atoms with Gasteiger partial charge in [-0.05, 0) is 26.7 Å². The van der Waals surface area contributed by atoms with Crippen molar-refractivity contribution < 1.29 is 0 Å². The van der Waals surface area contributed by atoms with Crippen LogP contribution in [0.2, 0.25) is 0 Å². The summed E-state index contributed by atoms with van der Waals surface area (Å²) in [5.41, 5.74) is 1.35. The quantitative estimate of drug-likeness (QED) is 0.709. The van der Waals surface area contributed by atoms with E-state index in [1.165, 1.54) is 34.8 Å². The summed E-state index contributed by atoms with van der Waals surface area (Å²) in [5.74, 6) is 0.690. The zero-order valence-corrected chi connectivity index (χ0v) is 9.87. The van der Waals surface area contributed by atoms with E-state index in [2.05, 4.69) is 32.7 Å². The molecule has 1 heterocycles. The second-order valence-corrected chi connectivity index (χ2v) is 4.98. The van der Waals surface area contributed by atoms with E-state index in [4.69, 9.17) is 0 Å². The van der Waals surface area contributed by atoms with Crippen molar-refractivity contribution >= 4 is 11.3 Å². The van der Waals surface area contributed by atoms with Crippen LogP contribution in [0.25, 0.3) is 0 Å². The first-order valence-electron chi connectivity index (χ1n) is 5.12. The molecule has 2 heteroatoms. The van der Waals surface area contributed by atoms with Crippen molar-refractivity contribution in [3.8, 4) is 0 Å². The molecule has 0 N–H and O–H groups in total. The van der Waals surface area contributed by atoms with Crippen LogP contribution in [-0.4, -0.2) is 4.98 Å². The van der Waals surface area contributed by atoms with Crippen molar-refractivity contribution in [2.45, 2.75) is 52.9 Å². The van der Waals surface area contributed by atoms with Crippen molar-refractivity contribution in [2.75, 3.05) is 0 Å². The maximum Gasteiger partial charge on any atom is 0.0900 e. The predicted molar refractivity (Wildman–Crippen MR) is 59.5 cm³/mol. The van der Waals surface area contributed by atoms with E-state index in [1.807, 2.05) is 11.3 Å². The molecule has 0 bridgehead atoms. The summed E-state index contributed by atoms with van der Waals surface area (Å²) in [4.78, 5) is 6.03. The van der Waals surface area contributed by atoms with Gasteiger partial charge in [0.25, 0.3) is 0 Å². The number of nitrogens with zero attached hydrogens (tertiary/aromatic N) is 1. The minimum atomic E-state index is 0.690. The van der Waals surface area contributed by atoms with Gasteiger partial charge in [-0.3, -0.25) is 0 Å². The fourth-order valence-electron chi connectivity index (χ4n) is 1.81. The SMILES string of the molecule is CCCC(CC)c1nc(C)sc1C. The predicted octanol–water partition coefficient (Wildman–Crippen LogP) is 4.05. The Bertz CT molecular complexity index is 265. The third-order valence-corrected chi connectivity index (χ3v) is 3.36. The van der Waals surface area contributed by atoms with Crippen LogP contribution in [0.15, 0.2) is 0 Å². The molecule has 0 saturated carbocycles. The van der Waals surface area contributed by atoms with E-state index in [1.54, 1.807) is 0 Å². The normalized spacial score (nSPS) is 13.2. The lowest BCUT2D eigenvalue weighted by Gasteiger charge is -2.11. The summed E-state index contributed by atoms with van der Waals surface area (Å²) < 4.78 is 0. The van der Waals surface area contributed by atoms with Crippen LogP contribution in [0.3, 0.4) is 0 Å². The number of thiazole rings is 1. The van der Waals surface area contributed by atoms with Crippen molar-refractivity contribution in [3.63, 3.8) is 0 Å². The van der Waals surface area contributed by atoms with E-state index in [9.17, 15) is 0 Å². The van der Waals surface area contributed by atoms with Gasteiger partial charge in [0.2, 0.25) is 0 Å². The molecular formula is C11H19NS. The number of hydrogen-bond donors (Lipinski definition) is 0. The standard InChI is InChI=1S/C11H19NS/c1-5-7-10(6-2)11-8(3)13-9(4)12-11/h10H,5-7H2,1-4H3. The molecule has 13 heavy (non-hydrogen) atoms. The fourth-order valence-corrected chi connectivity index (χ4v) is 2.71. The summed E-state index contributed by atoms with van der Waals surface area (Å²) in [5, 5.41) is 1.21. The zero-order chi connectivity index (χ0) is 9.84. The van der Waals surface area contributed by atoms with Crippen LogP contribution in [0, 0.1) is 13.8 Å². The maximum absolute atomic E-state index is 4.62. The summed E-state index contributed by atoms with van der Waals surface area (Å²) in [6.45, 7) is 8.80. The molecule has 74 valence electrons. The Morgan fingerprint density at radius 2 is 2.00 bits per heavy atom. The summed E-state index contributed by atoms with van der Waals surface area (Å²) in [7, 11) is 0. The van der Waals surface area contributed by atoms with E-state index >= 15 is 0 Å². The van der Waals surface area contributed by atoms with Gasteiger partial charge in [0.1, 0.15) is 0 Å². The highest BCUT2D eigenvalue weighted by Crippen LogP contribution is 2.29. The minimum absolute atomic E-state index is 0.690. The third kappa shape index (κ3) is 2.53. The number of rotatable bonds is 4. The van der Waals surface area contributed by atoms with Crippen molar-refractivity contribution in [3.05, 3.63) is 15.6 Å². The Hall–Kier alpha value is -0.370. The van der Waals surface area contributed by atoms with Crippen LogP contribution < -0.4 is 0 Å². The highest BCUT2D eigenvalue weighted by molar-refractivity contribution is 7.11. The fraction of sp³-hybridized carbons (Fsp3) is 0.727. The van der Waals surface area contributed by atoms with Crippen LogP contribution >= 0.6 is 11.3 Å². The number of aryl methyl sites for hydroxylation is 2. The lowest BCUT2D eigenvalue weighted by atomic mass is 9.96. The molecule has 0 amide bonds. The zero-order valence-electron chi connectivity index (χ0n) is 9.05. The van der Waals surface area contributed by atoms with E-state index in [0.717, 1.165) is 0 Å². The lowest BCUT2D eigenvalue weighted by Crippen LogP contribution is -1.99. The number of hydrogen-bond acceptors (Lipinski definition) is 2. The first kappa shape index (κ1) is 10.7. The molecule has 0 spiro atoms. The van der Waals surface area contributed by atoms with E-state index < -0.39 is 0 Å². The first-order chi connectivity index (χ1) is 6.19. The molecule has 0 aliphatic rings. The van der Waals surface area contributed by atoms with Crippen LogP contribution in [0.4, 0.5) is 0 Å². The molecule has 1 unspecified atom stereocenters. The summed E-state index contributed by atoms with van der Waals surface area (Å²) in [6, 6.07) is 0. The molecule has 0 aliphatic carbocycles. The Kier molecular flexibility index (Phi) is 3.91. The first-order valence-corrected chi connectivity index (χ1v) is 5.94. The van der Waals surface area contributed by atoms with Crippen molar-refractivity contribution in [1.82, 2.24) is 4.98 Å². The minimum Gasteiger partial charge on any atom is -0.246 e. The topological polar surface area (TPSA) is 12.9 Å².